The molecular weight excluding hydrogens is 302 g/mol. The van der Waals surface area contributed by atoms with Crippen LogP contribution in [-0.4, -0.2) is 19.5 Å². The maximum atomic E-state index is 12.7. The molecule has 2 aromatic rings. The first-order valence-electron chi connectivity index (χ1n) is 6.78. The molecule has 0 spiro atoms. The number of aryl methyl sites for hydroxylation is 2. The van der Waals surface area contributed by atoms with Crippen molar-refractivity contribution in [1.29, 1.82) is 0 Å². The number of hydrogen-bond acceptors (Lipinski definition) is 4. The Morgan fingerprint density at radius 2 is 1.71 bits per heavy atom. The van der Waals surface area contributed by atoms with E-state index in [4.69, 9.17) is 0 Å². The second-order valence-electron chi connectivity index (χ2n) is 5.29. The smallest absolute Gasteiger partial charge is 0.192 e. The van der Waals surface area contributed by atoms with Gasteiger partial charge in [0.2, 0.25) is 0 Å². The summed E-state index contributed by atoms with van der Waals surface area (Å²) in [5, 5.41) is 3.23. The molecule has 0 fully saturated rings. The van der Waals surface area contributed by atoms with Crippen molar-refractivity contribution < 1.29 is 8.42 Å². The minimum absolute atomic E-state index is 0.392. The summed E-state index contributed by atoms with van der Waals surface area (Å²) in [4.78, 5) is 1.39. The summed E-state index contributed by atoms with van der Waals surface area (Å²) in [7, 11) is -3.33. The molecule has 3 rings (SSSR count). The Bertz CT molecular complexity index is 767. The monoisotopic (exact) mass is 319 g/mol. The molecule has 1 heterocycles. The Balaban J connectivity index is 1.93. The summed E-state index contributed by atoms with van der Waals surface area (Å²) >= 11 is 1.43. The first-order chi connectivity index (χ1) is 9.96. The van der Waals surface area contributed by atoms with Crippen molar-refractivity contribution in [2.24, 2.45) is 0 Å². The molecule has 5 heteroatoms. The molecule has 1 N–H and O–H groups in total. The molecule has 110 valence electrons. The summed E-state index contributed by atoms with van der Waals surface area (Å²) in [6, 6.07) is 13.1. The first kappa shape index (κ1) is 14.5. The molecule has 1 aliphatic rings. The zero-order valence-electron chi connectivity index (χ0n) is 12.0. The van der Waals surface area contributed by atoms with Crippen molar-refractivity contribution >= 4 is 27.3 Å². The van der Waals surface area contributed by atoms with Gasteiger partial charge in [0.25, 0.3) is 0 Å². The lowest BCUT2D eigenvalue weighted by Crippen LogP contribution is -2.29. The van der Waals surface area contributed by atoms with Crippen LogP contribution in [0.15, 0.2) is 52.3 Å². The molecule has 3 nitrogen and oxygen atoms in total. The van der Waals surface area contributed by atoms with Crippen LogP contribution in [0.3, 0.4) is 0 Å². The van der Waals surface area contributed by atoms with Crippen LogP contribution in [0.2, 0.25) is 0 Å². The molecule has 2 aromatic carbocycles. The molecule has 0 aromatic heterocycles. The quantitative estimate of drug-likeness (QED) is 0.918. The van der Waals surface area contributed by atoms with E-state index in [9.17, 15) is 8.42 Å². The standard InChI is InChI=1S/C16H17NO2S2/c1-11-3-6-13(7-4-11)21(18,19)16-10-17-14-8-5-12(2)9-15(14)20-16/h3-9,16-17H,10H2,1-2H3. The molecule has 0 saturated heterocycles. The summed E-state index contributed by atoms with van der Waals surface area (Å²) in [5.41, 5.74) is 3.21. The molecule has 0 bridgehead atoms. The van der Waals surface area contributed by atoms with E-state index < -0.39 is 14.4 Å². The SMILES string of the molecule is Cc1ccc(S(=O)(=O)C2CNc3ccc(C)cc3S2)cc1. The highest BCUT2D eigenvalue weighted by Gasteiger charge is 2.31. The summed E-state index contributed by atoms with van der Waals surface area (Å²) in [5.74, 6) is 0. The number of fused-ring (bicyclic) bond motifs is 1. The van der Waals surface area contributed by atoms with Gasteiger partial charge in [0.1, 0.15) is 4.58 Å². The van der Waals surface area contributed by atoms with Crippen LogP contribution in [0.1, 0.15) is 11.1 Å². The Morgan fingerprint density at radius 1 is 1.05 bits per heavy atom. The van der Waals surface area contributed by atoms with Gasteiger partial charge < -0.3 is 5.32 Å². The predicted octanol–water partition coefficient (Wildman–Crippen LogP) is 3.62. The predicted molar refractivity (Wildman–Crippen MR) is 87.7 cm³/mol. The Labute approximate surface area is 129 Å². The number of rotatable bonds is 2. The average Bonchev–Trinajstić information content (AvgIpc) is 2.47. The molecule has 1 unspecified atom stereocenters. The lowest BCUT2D eigenvalue weighted by atomic mass is 10.2. The fourth-order valence-electron chi connectivity index (χ4n) is 2.30. The summed E-state index contributed by atoms with van der Waals surface area (Å²) in [6.07, 6.45) is 0. The molecule has 21 heavy (non-hydrogen) atoms. The van der Waals surface area contributed by atoms with E-state index in [0.717, 1.165) is 21.7 Å². The van der Waals surface area contributed by atoms with Gasteiger partial charge in [-0.1, -0.05) is 23.8 Å². The van der Waals surface area contributed by atoms with Crippen molar-refractivity contribution in [3.8, 4) is 0 Å². The molecule has 0 radical (unpaired) electrons. The van der Waals surface area contributed by atoms with Crippen LogP contribution < -0.4 is 5.32 Å². The zero-order valence-corrected chi connectivity index (χ0v) is 13.6. The number of nitrogens with one attached hydrogen (secondary N) is 1. The third kappa shape index (κ3) is 2.80. The van der Waals surface area contributed by atoms with E-state index in [-0.39, 0.29) is 0 Å². The fourth-order valence-corrected chi connectivity index (χ4v) is 5.55. The summed E-state index contributed by atoms with van der Waals surface area (Å²) in [6.45, 7) is 4.39. The van der Waals surface area contributed by atoms with Crippen LogP contribution in [0, 0.1) is 13.8 Å². The highest BCUT2D eigenvalue weighted by atomic mass is 32.3. The van der Waals surface area contributed by atoms with Crippen LogP contribution >= 0.6 is 11.8 Å². The van der Waals surface area contributed by atoms with Gasteiger partial charge in [-0.3, -0.25) is 0 Å². The average molecular weight is 319 g/mol. The Kier molecular flexibility index (Phi) is 3.71. The second kappa shape index (κ2) is 5.39. The van der Waals surface area contributed by atoms with E-state index in [1.807, 2.05) is 44.2 Å². The van der Waals surface area contributed by atoms with E-state index >= 15 is 0 Å². The van der Waals surface area contributed by atoms with Crippen molar-refractivity contribution in [1.82, 2.24) is 0 Å². The van der Waals surface area contributed by atoms with Gasteiger partial charge in [0.05, 0.1) is 4.90 Å². The van der Waals surface area contributed by atoms with Gasteiger partial charge in [0.15, 0.2) is 9.84 Å². The van der Waals surface area contributed by atoms with E-state index in [1.165, 1.54) is 11.8 Å². The summed E-state index contributed by atoms with van der Waals surface area (Å²) < 4.78 is 25.0. The van der Waals surface area contributed by atoms with Gasteiger partial charge in [0, 0.05) is 17.1 Å². The zero-order chi connectivity index (χ0) is 15.0. The van der Waals surface area contributed by atoms with E-state index in [2.05, 4.69) is 5.32 Å². The van der Waals surface area contributed by atoms with Crippen molar-refractivity contribution in [2.75, 3.05) is 11.9 Å². The fraction of sp³-hybridized carbons (Fsp3) is 0.250. The molecule has 1 aliphatic heterocycles. The first-order valence-corrected chi connectivity index (χ1v) is 9.21. The second-order valence-corrected chi connectivity index (χ2v) is 8.96. The number of thioether (sulfide) groups is 1. The maximum Gasteiger partial charge on any atom is 0.192 e. The van der Waals surface area contributed by atoms with Crippen molar-refractivity contribution in [3.05, 3.63) is 53.6 Å². The molecule has 0 saturated carbocycles. The third-order valence-corrected chi connectivity index (χ3v) is 7.41. The van der Waals surface area contributed by atoms with E-state index in [1.54, 1.807) is 12.1 Å². The topological polar surface area (TPSA) is 46.2 Å². The number of sulfone groups is 1. The van der Waals surface area contributed by atoms with Crippen molar-refractivity contribution in [2.45, 2.75) is 28.2 Å². The highest BCUT2D eigenvalue weighted by molar-refractivity contribution is 8.13. The number of hydrogen-bond donors (Lipinski definition) is 1. The van der Waals surface area contributed by atoms with E-state index in [0.29, 0.717) is 11.4 Å². The molecule has 1 atom stereocenters. The van der Waals surface area contributed by atoms with Gasteiger partial charge in [-0.15, -0.1) is 11.8 Å². The highest BCUT2D eigenvalue weighted by Crippen LogP contribution is 2.39. The van der Waals surface area contributed by atoms with Crippen LogP contribution in [0.4, 0.5) is 5.69 Å². The van der Waals surface area contributed by atoms with Crippen LogP contribution in [0.25, 0.3) is 0 Å². The van der Waals surface area contributed by atoms with Crippen LogP contribution in [-0.2, 0) is 9.84 Å². The van der Waals surface area contributed by atoms with Gasteiger partial charge in [-0.25, -0.2) is 8.42 Å². The minimum atomic E-state index is -3.33. The minimum Gasteiger partial charge on any atom is -0.382 e. The number of anilines is 1. The number of benzene rings is 2. The lowest BCUT2D eigenvalue weighted by molar-refractivity contribution is 0.593. The molecule has 0 amide bonds. The third-order valence-electron chi connectivity index (χ3n) is 3.55. The van der Waals surface area contributed by atoms with Crippen LogP contribution in [0.5, 0.6) is 0 Å². The molecular formula is C16H17NO2S2. The molecule has 0 aliphatic carbocycles. The van der Waals surface area contributed by atoms with Gasteiger partial charge in [-0.05, 0) is 43.7 Å². The normalized spacial score (nSPS) is 17.9. The Hall–Kier alpha value is -1.46. The van der Waals surface area contributed by atoms with Gasteiger partial charge in [-0.2, -0.15) is 0 Å². The Morgan fingerprint density at radius 3 is 2.43 bits per heavy atom. The lowest BCUT2D eigenvalue weighted by Gasteiger charge is -2.25. The van der Waals surface area contributed by atoms with Crippen molar-refractivity contribution in [3.63, 3.8) is 0 Å². The maximum absolute atomic E-state index is 12.7. The largest absolute Gasteiger partial charge is 0.382 e. The van der Waals surface area contributed by atoms with Gasteiger partial charge >= 0.3 is 0 Å².